The van der Waals surface area contributed by atoms with Gasteiger partial charge in [0.1, 0.15) is 24.2 Å². The molecule has 7 heteroatoms. The van der Waals surface area contributed by atoms with E-state index in [9.17, 15) is 9.59 Å². The molecule has 146 valence electrons. The molecule has 0 amide bonds. The van der Waals surface area contributed by atoms with E-state index in [0.29, 0.717) is 36.4 Å². The van der Waals surface area contributed by atoms with Gasteiger partial charge in [0.15, 0.2) is 11.9 Å². The lowest BCUT2D eigenvalue weighted by molar-refractivity contribution is -0.946. The average molecular weight is 390 g/mol. The van der Waals surface area contributed by atoms with Gasteiger partial charge in [-0.2, -0.15) is 0 Å². The number of hydrogen-bond acceptors (Lipinski definition) is 5. The Morgan fingerprint density at radius 1 is 1.21 bits per heavy atom. The molecule has 4 aromatic rings. The number of quaternary nitrogens is 1. The van der Waals surface area contributed by atoms with Crippen molar-refractivity contribution in [2.75, 3.05) is 7.11 Å². The largest absolute Gasteiger partial charge is 0.465 e. The standard InChI is InChI=1S/C22H19N3O4/c1-28-22(27)16-10-13-6-2-3-7-14(13)11-25(16)12-18-23-19-15-8-4-5-9-17(15)29-20(19)21(26)24-18/h2-9,16H,10-12H2,1H3,(H,23,24,26)/p+1/t16-/m0/s1. The number of hydrogen-bond donors (Lipinski definition) is 2. The van der Waals surface area contributed by atoms with Crippen LogP contribution < -0.4 is 10.5 Å². The summed E-state index contributed by atoms with van der Waals surface area (Å²) < 4.78 is 10.7. The summed E-state index contributed by atoms with van der Waals surface area (Å²) in [5.41, 5.74) is 3.44. The van der Waals surface area contributed by atoms with Gasteiger partial charge >= 0.3 is 5.97 Å². The number of carbonyl (C=O) groups excluding carboxylic acids is 1. The molecule has 1 unspecified atom stereocenters. The first-order chi connectivity index (χ1) is 14.1. The van der Waals surface area contributed by atoms with Crippen LogP contribution in [0.4, 0.5) is 0 Å². The van der Waals surface area contributed by atoms with E-state index in [1.165, 1.54) is 12.7 Å². The fraction of sp³-hybridized carbons (Fsp3) is 0.227. The summed E-state index contributed by atoms with van der Waals surface area (Å²) in [7, 11) is 1.41. The van der Waals surface area contributed by atoms with Crippen molar-refractivity contribution in [3.8, 4) is 0 Å². The van der Waals surface area contributed by atoms with Crippen LogP contribution in [-0.2, 0) is 29.0 Å². The van der Waals surface area contributed by atoms with Crippen LogP contribution in [0.2, 0.25) is 0 Å². The number of aromatic nitrogens is 2. The Kier molecular flexibility index (Phi) is 4.17. The Morgan fingerprint density at radius 2 is 1.97 bits per heavy atom. The van der Waals surface area contributed by atoms with Crippen LogP contribution >= 0.6 is 0 Å². The summed E-state index contributed by atoms with van der Waals surface area (Å²) in [4.78, 5) is 33.5. The van der Waals surface area contributed by atoms with Crippen LogP contribution in [0, 0.1) is 0 Å². The van der Waals surface area contributed by atoms with E-state index >= 15 is 0 Å². The highest BCUT2D eigenvalue weighted by Gasteiger charge is 2.36. The SMILES string of the molecule is COC(=O)[C@@H]1Cc2ccccc2C[NH+]1Cc1nc2c(oc3ccccc32)c(=O)[nH]1. The van der Waals surface area contributed by atoms with Crippen molar-refractivity contribution in [1.82, 2.24) is 9.97 Å². The van der Waals surface area contributed by atoms with Crippen LogP contribution in [0.25, 0.3) is 22.1 Å². The van der Waals surface area contributed by atoms with Crippen molar-refractivity contribution < 1.29 is 18.8 Å². The predicted octanol–water partition coefficient (Wildman–Crippen LogP) is 1.35. The second kappa shape index (κ2) is 6.86. The normalized spacial score (nSPS) is 18.7. The summed E-state index contributed by atoms with van der Waals surface area (Å²) in [5.74, 6) is 0.268. The molecular formula is C22H20N3O4+. The summed E-state index contributed by atoms with van der Waals surface area (Å²) >= 11 is 0. The number of benzene rings is 2. The molecule has 0 aliphatic carbocycles. The molecule has 2 aromatic heterocycles. The maximum absolute atomic E-state index is 12.6. The third-order valence-corrected chi connectivity index (χ3v) is 5.61. The number of ether oxygens (including phenoxy) is 1. The first-order valence-electron chi connectivity index (χ1n) is 9.53. The van der Waals surface area contributed by atoms with Crippen molar-refractivity contribution in [3.05, 3.63) is 75.8 Å². The minimum atomic E-state index is -0.350. The highest BCUT2D eigenvalue weighted by atomic mass is 16.5. The molecule has 0 bridgehead atoms. The number of fused-ring (bicyclic) bond motifs is 4. The molecule has 0 radical (unpaired) electrons. The Morgan fingerprint density at radius 3 is 2.79 bits per heavy atom. The van der Waals surface area contributed by atoms with Crippen molar-refractivity contribution >= 4 is 28.0 Å². The number of methoxy groups -OCH3 is 1. The van der Waals surface area contributed by atoms with Gasteiger partial charge in [-0.3, -0.25) is 4.79 Å². The van der Waals surface area contributed by atoms with Gasteiger partial charge in [0.25, 0.3) is 5.56 Å². The first-order valence-corrected chi connectivity index (χ1v) is 9.53. The molecule has 1 aliphatic rings. The Hall–Kier alpha value is -3.45. The van der Waals surface area contributed by atoms with Crippen molar-refractivity contribution in [2.45, 2.75) is 25.6 Å². The first kappa shape index (κ1) is 17.6. The summed E-state index contributed by atoms with van der Waals surface area (Å²) in [6, 6.07) is 15.2. The quantitative estimate of drug-likeness (QED) is 0.516. The summed E-state index contributed by atoms with van der Waals surface area (Å²) in [6.45, 7) is 1.06. The highest BCUT2D eigenvalue weighted by molar-refractivity contribution is 6.01. The minimum absolute atomic E-state index is 0.221. The zero-order valence-electron chi connectivity index (χ0n) is 15.9. The molecule has 0 saturated carbocycles. The van der Waals surface area contributed by atoms with Crippen molar-refractivity contribution in [3.63, 3.8) is 0 Å². The van der Waals surface area contributed by atoms with Crippen LogP contribution in [0.1, 0.15) is 17.0 Å². The van der Waals surface area contributed by atoms with Crippen molar-refractivity contribution in [1.29, 1.82) is 0 Å². The molecule has 3 heterocycles. The van der Waals surface area contributed by atoms with E-state index in [0.717, 1.165) is 15.8 Å². The molecule has 5 rings (SSSR count). The topological polar surface area (TPSA) is 89.6 Å². The van der Waals surface area contributed by atoms with Gasteiger partial charge in [0.2, 0.25) is 5.58 Å². The minimum Gasteiger partial charge on any atom is -0.465 e. The number of para-hydroxylation sites is 1. The maximum Gasteiger partial charge on any atom is 0.365 e. The van der Waals surface area contributed by atoms with Crippen molar-refractivity contribution in [2.24, 2.45) is 0 Å². The molecule has 0 spiro atoms. The number of carbonyl (C=O) groups is 1. The zero-order valence-corrected chi connectivity index (χ0v) is 15.9. The third-order valence-electron chi connectivity index (χ3n) is 5.61. The van der Waals surface area contributed by atoms with Gasteiger partial charge in [-0.15, -0.1) is 0 Å². The molecule has 1 aliphatic heterocycles. The highest BCUT2D eigenvalue weighted by Crippen LogP contribution is 2.24. The number of rotatable bonds is 3. The maximum atomic E-state index is 12.6. The lowest BCUT2D eigenvalue weighted by Gasteiger charge is -2.31. The number of esters is 1. The summed E-state index contributed by atoms with van der Waals surface area (Å²) in [6.07, 6.45) is 0.597. The van der Waals surface area contributed by atoms with E-state index in [1.54, 1.807) is 0 Å². The fourth-order valence-electron chi connectivity index (χ4n) is 4.19. The van der Waals surface area contributed by atoms with E-state index in [-0.39, 0.29) is 23.2 Å². The molecule has 0 fully saturated rings. The fourth-order valence-corrected chi connectivity index (χ4v) is 4.19. The van der Waals surface area contributed by atoms with Gasteiger partial charge in [-0.1, -0.05) is 36.4 Å². The van der Waals surface area contributed by atoms with Gasteiger partial charge < -0.3 is 19.0 Å². The van der Waals surface area contributed by atoms with Crippen LogP contribution in [-0.4, -0.2) is 29.1 Å². The number of H-pyrrole nitrogens is 1. The Labute approximate surface area is 165 Å². The number of nitrogens with one attached hydrogen (secondary N) is 2. The lowest BCUT2D eigenvalue weighted by atomic mass is 9.94. The average Bonchev–Trinajstić information content (AvgIpc) is 3.12. The summed E-state index contributed by atoms with van der Waals surface area (Å²) in [5, 5.41) is 0.804. The molecule has 29 heavy (non-hydrogen) atoms. The van der Waals surface area contributed by atoms with Crippen LogP contribution in [0.15, 0.2) is 57.7 Å². The van der Waals surface area contributed by atoms with Gasteiger partial charge in [-0.25, -0.2) is 9.78 Å². The van der Waals surface area contributed by atoms with E-state index in [2.05, 4.69) is 16.0 Å². The number of furan rings is 1. The smallest absolute Gasteiger partial charge is 0.365 e. The molecular weight excluding hydrogens is 370 g/mol. The lowest BCUT2D eigenvalue weighted by Crippen LogP contribution is -3.15. The van der Waals surface area contributed by atoms with Gasteiger partial charge in [0, 0.05) is 17.4 Å². The monoisotopic (exact) mass is 390 g/mol. The zero-order chi connectivity index (χ0) is 20.0. The molecule has 7 nitrogen and oxygen atoms in total. The second-order valence-corrected chi connectivity index (χ2v) is 7.35. The van der Waals surface area contributed by atoms with E-state index < -0.39 is 0 Å². The predicted molar refractivity (Wildman–Crippen MR) is 106 cm³/mol. The number of aromatic amines is 1. The van der Waals surface area contributed by atoms with E-state index in [4.69, 9.17) is 9.15 Å². The van der Waals surface area contributed by atoms with Crippen LogP contribution in [0.5, 0.6) is 0 Å². The van der Waals surface area contributed by atoms with Gasteiger partial charge in [0.05, 0.1) is 7.11 Å². The molecule has 0 saturated heterocycles. The van der Waals surface area contributed by atoms with Gasteiger partial charge in [-0.05, 0) is 17.7 Å². The third kappa shape index (κ3) is 3.00. The molecule has 2 N–H and O–H groups in total. The molecule has 2 atom stereocenters. The van der Waals surface area contributed by atoms with Crippen LogP contribution in [0.3, 0.4) is 0 Å². The second-order valence-electron chi connectivity index (χ2n) is 7.35. The molecule has 2 aromatic carbocycles. The Balaban J connectivity index is 1.55. The number of nitrogens with zero attached hydrogens (tertiary/aromatic N) is 1. The van der Waals surface area contributed by atoms with E-state index in [1.807, 2.05) is 42.5 Å². The Bertz CT molecular complexity index is 1290.